The number of carbonyl (C=O) groups is 2. The fourth-order valence-corrected chi connectivity index (χ4v) is 2.22. The highest BCUT2D eigenvalue weighted by Crippen LogP contribution is 2.50. The first-order valence-corrected chi connectivity index (χ1v) is 4.78. The Bertz CT molecular complexity index is 349. The van der Waals surface area contributed by atoms with Gasteiger partial charge in [0.1, 0.15) is 11.8 Å². The lowest BCUT2D eigenvalue weighted by molar-refractivity contribution is -0.500. The number of nitro groups is 1. The molecule has 15 heavy (non-hydrogen) atoms. The predicted octanol–water partition coefficient (Wildman–Crippen LogP) is 0.0450. The van der Waals surface area contributed by atoms with Gasteiger partial charge in [-0.3, -0.25) is 24.6 Å². The first-order chi connectivity index (χ1) is 6.76. The van der Waals surface area contributed by atoms with Gasteiger partial charge in [0.25, 0.3) is 0 Å². The summed E-state index contributed by atoms with van der Waals surface area (Å²) in [5, 5.41) is 10.5. The summed E-state index contributed by atoms with van der Waals surface area (Å²) in [4.78, 5) is 34.6. The van der Waals surface area contributed by atoms with E-state index in [4.69, 9.17) is 0 Å². The molecule has 1 saturated heterocycles. The molecule has 1 unspecified atom stereocenters. The molecule has 1 aliphatic heterocycles. The van der Waals surface area contributed by atoms with E-state index in [2.05, 4.69) is 0 Å². The molecule has 0 aromatic heterocycles. The van der Waals surface area contributed by atoms with Gasteiger partial charge in [-0.15, -0.1) is 0 Å². The van der Waals surface area contributed by atoms with Crippen LogP contribution in [0.2, 0.25) is 0 Å². The molecule has 1 heterocycles. The topological polar surface area (TPSA) is 80.5 Å². The number of imide groups is 1. The molecule has 6 heteroatoms. The van der Waals surface area contributed by atoms with Gasteiger partial charge in [0, 0.05) is 10.5 Å². The van der Waals surface area contributed by atoms with Crippen molar-refractivity contribution in [2.75, 3.05) is 0 Å². The lowest BCUT2D eigenvalue weighted by Gasteiger charge is -2.31. The Morgan fingerprint density at radius 2 is 1.60 bits per heavy atom. The lowest BCUT2D eigenvalue weighted by atomic mass is 10.1. The molecule has 0 radical (unpaired) electrons. The third-order valence-corrected chi connectivity index (χ3v) is 2.91. The van der Waals surface area contributed by atoms with Crippen molar-refractivity contribution in [1.82, 2.24) is 4.90 Å². The van der Waals surface area contributed by atoms with Crippen molar-refractivity contribution < 1.29 is 14.5 Å². The highest BCUT2D eigenvalue weighted by molar-refractivity contribution is 6.10. The van der Waals surface area contributed by atoms with E-state index >= 15 is 0 Å². The van der Waals surface area contributed by atoms with Crippen LogP contribution in [0.1, 0.15) is 20.8 Å². The minimum Gasteiger partial charge on any atom is -0.276 e. The summed E-state index contributed by atoms with van der Waals surface area (Å²) in [5.74, 6) is -2.18. The van der Waals surface area contributed by atoms with Gasteiger partial charge in [-0.25, -0.2) is 0 Å². The second-order valence-electron chi connectivity index (χ2n) is 5.01. The molecule has 2 fully saturated rings. The first-order valence-electron chi connectivity index (χ1n) is 4.78. The molecular weight excluding hydrogens is 200 g/mol. The van der Waals surface area contributed by atoms with Gasteiger partial charge in [0.05, 0.1) is 0 Å². The summed E-state index contributed by atoms with van der Waals surface area (Å²) in [6.07, 6.45) is 0. The molecule has 3 atom stereocenters. The number of rotatable bonds is 1. The average molecular weight is 212 g/mol. The fourth-order valence-electron chi connectivity index (χ4n) is 2.22. The summed E-state index contributed by atoms with van der Waals surface area (Å²) in [5.41, 5.74) is -0.581. The molecule has 1 aliphatic carbocycles. The Balaban J connectivity index is 2.25. The summed E-state index contributed by atoms with van der Waals surface area (Å²) >= 11 is 0. The van der Waals surface area contributed by atoms with Gasteiger partial charge in [0.2, 0.25) is 17.9 Å². The SMILES string of the molecule is CC(C)(C)N1C(=O)[C@@H]2C([N+](=O)[O-])[C@@H]2C1=O. The second-order valence-corrected chi connectivity index (χ2v) is 5.01. The molecule has 0 N–H and O–H groups in total. The number of amides is 2. The molecule has 0 bridgehead atoms. The van der Waals surface area contributed by atoms with Crippen LogP contribution in [0.25, 0.3) is 0 Å². The van der Waals surface area contributed by atoms with E-state index in [-0.39, 0.29) is 11.8 Å². The largest absolute Gasteiger partial charge is 0.276 e. The quantitative estimate of drug-likeness (QED) is 0.349. The van der Waals surface area contributed by atoms with E-state index in [0.717, 1.165) is 4.90 Å². The molecule has 0 spiro atoms. The third-order valence-electron chi connectivity index (χ3n) is 2.91. The Morgan fingerprint density at radius 3 is 1.87 bits per heavy atom. The van der Waals surface area contributed by atoms with Crippen LogP contribution in [0.5, 0.6) is 0 Å². The van der Waals surface area contributed by atoms with Crippen LogP contribution in [0.15, 0.2) is 0 Å². The van der Waals surface area contributed by atoms with Crippen LogP contribution in [-0.4, -0.2) is 33.2 Å². The molecule has 6 nitrogen and oxygen atoms in total. The van der Waals surface area contributed by atoms with Crippen molar-refractivity contribution in [1.29, 1.82) is 0 Å². The van der Waals surface area contributed by atoms with Gasteiger partial charge in [-0.1, -0.05) is 0 Å². The zero-order valence-electron chi connectivity index (χ0n) is 8.76. The number of fused-ring (bicyclic) bond motifs is 1. The molecular formula is C9H12N2O4. The van der Waals surface area contributed by atoms with Gasteiger partial charge in [-0.05, 0) is 20.8 Å². The van der Waals surface area contributed by atoms with Crippen molar-refractivity contribution in [2.45, 2.75) is 32.4 Å². The molecule has 0 aromatic carbocycles. The summed E-state index contributed by atoms with van der Waals surface area (Å²) in [6.45, 7) is 5.23. The maximum absolute atomic E-state index is 11.7. The van der Waals surface area contributed by atoms with Crippen molar-refractivity contribution in [3.8, 4) is 0 Å². The third kappa shape index (κ3) is 1.17. The van der Waals surface area contributed by atoms with Crippen molar-refractivity contribution in [3.05, 3.63) is 10.1 Å². The first kappa shape index (κ1) is 10.1. The minimum atomic E-state index is -0.969. The van der Waals surface area contributed by atoms with Crippen molar-refractivity contribution in [2.24, 2.45) is 11.8 Å². The van der Waals surface area contributed by atoms with E-state index in [1.807, 2.05) is 0 Å². The Kier molecular flexibility index (Phi) is 1.72. The number of piperidine rings is 1. The monoisotopic (exact) mass is 212 g/mol. The normalized spacial score (nSPS) is 34.3. The number of carbonyl (C=O) groups excluding carboxylic acids is 2. The Morgan fingerprint density at radius 1 is 1.20 bits per heavy atom. The molecule has 1 saturated carbocycles. The second kappa shape index (κ2) is 2.56. The molecule has 2 rings (SSSR count). The van der Waals surface area contributed by atoms with E-state index in [1.54, 1.807) is 20.8 Å². The van der Waals surface area contributed by atoms with Gasteiger partial charge in [0.15, 0.2) is 0 Å². The van der Waals surface area contributed by atoms with Gasteiger partial charge in [-0.2, -0.15) is 0 Å². The maximum atomic E-state index is 11.7. The highest BCUT2D eigenvalue weighted by atomic mass is 16.6. The number of hydrogen-bond donors (Lipinski definition) is 0. The fraction of sp³-hybridized carbons (Fsp3) is 0.778. The smallest absolute Gasteiger partial charge is 0.240 e. The summed E-state index contributed by atoms with van der Waals surface area (Å²) < 4.78 is 0. The lowest BCUT2D eigenvalue weighted by Crippen LogP contribution is -2.48. The molecule has 82 valence electrons. The van der Waals surface area contributed by atoms with E-state index in [1.165, 1.54) is 0 Å². The summed E-state index contributed by atoms with van der Waals surface area (Å²) in [7, 11) is 0. The van der Waals surface area contributed by atoms with Crippen LogP contribution in [0.4, 0.5) is 0 Å². The number of hydrogen-bond acceptors (Lipinski definition) is 4. The van der Waals surface area contributed by atoms with Crippen molar-refractivity contribution >= 4 is 11.8 Å². The summed E-state index contributed by atoms with van der Waals surface area (Å²) in [6, 6.07) is -0.969. The highest BCUT2D eigenvalue weighted by Gasteiger charge is 2.76. The van der Waals surface area contributed by atoms with Crippen LogP contribution in [0.3, 0.4) is 0 Å². The standard InChI is InChI=1S/C9H12N2O4/c1-9(2,3)10-7(12)4-5(8(10)13)6(4)11(14)15/h4-6H,1-3H3/t4-,5+,6?. The Hall–Kier alpha value is -1.46. The maximum Gasteiger partial charge on any atom is 0.240 e. The predicted molar refractivity (Wildman–Crippen MR) is 49.4 cm³/mol. The minimum absolute atomic E-state index is 0.390. The van der Waals surface area contributed by atoms with E-state index in [9.17, 15) is 19.7 Å². The zero-order chi connectivity index (χ0) is 11.5. The van der Waals surface area contributed by atoms with Crippen molar-refractivity contribution in [3.63, 3.8) is 0 Å². The van der Waals surface area contributed by atoms with Gasteiger partial charge >= 0.3 is 0 Å². The zero-order valence-corrected chi connectivity index (χ0v) is 8.76. The van der Waals surface area contributed by atoms with Crippen LogP contribution in [-0.2, 0) is 9.59 Å². The average Bonchev–Trinajstić information content (AvgIpc) is 2.68. The number of likely N-dealkylation sites (tertiary alicyclic amines) is 1. The van der Waals surface area contributed by atoms with Crippen LogP contribution >= 0.6 is 0 Å². The van der Waals surface area contributed by atoms with Crippen LogP contribution < -0.4 is 0 Å². The number of nitrogens with zero attached hydrogens (tertiary/aromatic N) is 2. The molecule has 0 aromatic rings. The molecule has 2 aliphatic rings. The Labute approximate surface area is 86.4 Å². The van der Waals surface area contributed by atoms with Crippen LogP contribution in [0, 0.1) is 22.0 Å². The van der Waals surface area contributed by atoms with E-state index < -0.39 is 28.3 Å². The molecule has 2 amide bonds. The van der Waals surface area contributed by atoms with E-state index in [0.29, 0.717) is 0 Å². The van der Waals surface area contributed by atoms with Gasteiger partial charge < -0.3 is 0 Å².